The summed E-state index contributed by atoms with van der Waals surface area (Å²) < 4.78 is 26.9. The number of carbonyl (C=O) groups excluding carboxylic acids is 1. The van der Waals surface area contributed by atoms with Crippen molar-refractivity contribution in [3.8, 4) is 0 Å². The third-order valence-electron chi connectivity index (χ3n) is 5.62. The second-order valence-corrected chi connectivity index (χ2v) is 7.30. The van der Waals surface area contributed by atoms with Gasteiger partial charge in [0, 0.05) is 24.7 Å². The van der Waals surface area contributed by atoms with Gasteiger partial charge in [-0.05, 0) is 51.3 Å². The number of amides is 1. The van der Waals surface area contributed by atoms with E-state index in [1.807, 2.05) is 0 Å². The Balaban J connectivity index is 1.54. The van der Waals surface area contributed by atoms with Crippen LogP contribution in [0.4, 0.5) is 8.78 Å². The van der Waals surface area contributed by atoms with Crippen LogP contribution in [0.5, 0.6) is 0 Å². The van der Waals surface area contributed by atoms with Gasteiger partial charge in [0.1, 0.15) is 0 Å². The lowest BCUT2D eigenvalue weighted by Gasteiger charge is -2.54. The maximum absolute atomic E-state index is 13.7. The molecule has 5 heteroatoms. The Morgan fingerprint density at radius 1 is 1.26 bits per heavy atom. The summed E-state index contributed by atoms with van der Waals surface area (Å²) in [5, 5.41) is 0. The number of nitrogens with zero attached hydrogens (tertiary/aromatic N) is 2. The van der Waals surface area contributed by atoms with Gasteiger partial charge in [0.25, 0.3) is 0 Å². The van der Waals surface area contributed by atoms with Crippen molar-refractivity contribution >= 4 is 5.91 Å². The Kier molecular flexibility index (Phi) is 4.41. The molecule has 0 atom stereocenters. The summed E-state index contributed by atoms with van der Waals surface area (Å²) in [7, 11) is 4.23. The van der Waals surface area contributed by atoms with Crippen molar-refractivity contribution in [1.29, 1.82) is 0 Å². The van der Waals surface area contributed by atoms with Crippen molar-refractivity contribution in [2.45, 2.75) is 38.1 Å². The molecule has 2 aliphatic rings. The number of rotatable bonds is 3. The van der Waals surface area contributed by atoms with Gasteiger partial charge in [-0.3, -0.25) is 4.79 Å². The van der Waals surface area contributed by atoms with Gasteiger partial charge in [-0.25, -0.2) is 8.78 Å². The average molecular weight is 322 g/mol. The molecule has 23 heavy (non-hydrogen) atoms. The predicted molar refractivity (Wildman–Crippen MR) is 85.0 cm³/mol. The van der Waals surface area contributed by atoms with E-state index < -0.39 is 11.6 Å². The molecular formula is C18H24F2N2O. The summed E-state index contributed by atoms with van der Waals surface area (Å²) in [6, 6.07) is 4.67. The fraction of sp³-hybridized carbons (Fsp3) is 0.611. The van der Waals surface area contributed by atoms with Gasteiger partial charge in [-0.15, -0.1) is 0 Å². The average Bonchev–Trinajstić information content (AvgIpc) is 2.49. The van der Waals surface area contributed by atoms with Gasteiger partial charge in [-0.2, -0.15) is 0 Å². The van der Waals surface area contributed by atoms with Crippen LogP contribution in [0.1, 0.15) is 31.2 Å². The highest BCUT2D eigenvalue weighted by Crippen LogP contribution is 2.50. The first-order chi connectivity index (χ1) is 10.9. The first kappa shape index (κ1) is 16.4. The predicted octanol–water partition coefficient (Wildman–Crippen LogP) is 2.84. The Morgan fingerprint density at radius 2 is 1.91 bits per heavy atom. The summed E-state index contributed by atoms with van der Waals surface area (Å²) in [5.74, 6) is -1.90. The number of benzene rings is 1. The molecule has 2 fully saturated rings. The zero-order valence-corrected chi connectivity index (χ0v) is 13.8. The Labute approximate surface area is 136 Å². The molecule has 3 rings (SSSR count). The summed E-state index contributed by atoms with van der Waals surface area (Å²) in [4.78, 5) is 16.4. The molecule has 0 unspecified atom stereocenters. The highest BCUT2D eigenvalue weighted by molar-refractivity contribution is 5.79. The van der Waals surface area contributed by atoms with Crippen LogP contribution in [-0.4, -0.2) is 48.9 Å². The number of likely N-dealkylation sites (tertiary alicyclic amines) is 1. The molecule has 3 nitrogen and oxygen atoms in total. The van der Waals surface area contributed by atoms with Crippen molar-refractivity contribution in [2.75, 3.05) is 27.2 Å². The molecule has 1 saturated carbocycles. The Morgan fingerprint density at radius 3 is 2.52 bits per heavy atom. The molecular weight excluding hydrogens is 298 g/mol. The van der Waals surface area contributed by atoms with E-state index in [0.717, 1.165) is 32.0 Å². The largest absolute Gasteiger partial charge is 0.342 e. The van der Waals surface area contributed by atoms with E-state index in [1.54, 1.807) is 4.90 Å². The minimum absolute atomic E-state index is 0.0586. The normalized spacial score (nSPS) is 20.8. The summed E-state index contributed by atoms with van der Waals surface area (Å²) >= 11 is 0. The zero-order valence-electron chi connectivity index (χ0n) is 13.8. The van der Waals surface area contributed by atoms with Crippen LogP contribution in [-0.2, 0) is 11.2 Å². The lowest BCUT2D eigenvalue weighted by Crippen LogP contribution is -2.54. The van der Waals surface area contributed by atoms with E-state index in [0.29, 0.717) is 11.5 Å². The van der Waals surface area contributed by atoms with Crippen molar-refractivity contribution < 1.29 is 13.6 Å². The molecule has 0 N–H and O–H groups in total. The van der Waals surface area contributed by atoms with Crippen LogP contribution in [0.25, 0.3) is 0 Å². The minimum Gasteiger partial charge on any atom is -0.342 e. The van der Waals surface area contributed by atoms with Crippen molar-refractivity contribution in [3.63, 3.8) is 0 Å². The van der Waals surface area contributed by atoms with Gasteiger partial charge in [0.15, 0.2) is 11.6 Å². The van der Waals surface area contributed by atoms with Gasteiger partial charge in [-0.1, -0.05) is 12.1 Å². The summed E-state index contributed by atoms with van der Waals surface area (Å²) in [6.45, 7) is 1.46. The van der Waals surface area contributed by atoms with Gasteiger partial charge in [0.2, 0.25) is 5.91 Å². The van der Waals surface area contributed by atoms with Gasteiger partial charge >= 0.3 is 0 Å². The van der Waals surface area contributed by atoms with Gasteiger partial charge in [0.05, 0.1) is 6.42 Å². The maximum atomic E-state index is 13.7. The number of piperidine rings is 1. The van der Waals surface area contributed by atoms with Crippen LogP contribution in [0.3, 0.4) is 0 Å². The third kappa shape index (κ3) is 3.25. The number of hydrogen-bond donors (Lipinski definition) is 0. The molecule has 1 saturated heterocycles. The Hall–Kier alpha value is -1.49. The first-order valence-electron chi connectivity index (χ1n) is 8.27. The molecule has 0 radical (unpaired) electrons. The first-order valence-corrected chi connectivity index (χ1v) is 8.27. The molecule has 1 heterocycles. The highest BCUT2D eigenvalue weighted by atomic mass is 19.2. The zero-order chi connectivity index (χ0) is 16.6. The SMILES string of the molecule is CN(C)C1CC2(CCN(C(=O)Cc3cccc(F)c3F)CC2)C1. The number of hydrogen-bond acceptors (Lipinski definition) is 2. The van der Waals surface area contributed by atoms with Crippen LogP contribution < -0.4 is 0 Å². The van der Waals surface area contributed by atoms with Crippen molar-refractivity contribution in [1.82, 2.24) is 9.80 Å². The monoisotopic (exact) mass is 322 g/mol. The molecule has 1 amide bonds. The fourth-order valence-electron chi connectivity index (χ4n) is 3.90. The smallest absolute Gasteiger partial charge is 0.227 e. The maximum Gasteiger partial charge on any atom is 0.227 e. The highest BCUT2D eigenvalue weighted by Gasteiger charge is 2.46. The molecule has 1 aromatic carbocycles. The summed E-state index contributed by atoms with van der Waals surface area (Å²) in [5.41, 5.74) is 0.544. The van der Waals surface area contributed by atoms with Crippen LogP contribution in [0.2, 0.25) is 0 Å². The van der Waals surface area contributed by atoms with E-state index in [9.17, 15) is 13.6 Å². The topological polar surface area (TPSA) is 23.6 Å². The van der Waals surface area contributed by atoms with E-state index in [1.165, 1.54) is 25.0 Å². The molecule has 0 bridgehead atoms. The van der Waals surface area contributed by atoms with Crippen LogP contribution >= 0.6 is 0 Å². The lowest BCUT2D eigenvalue weighted by atomic mass is 9.60. The second-order valence-electron chi connectivity index (χ2n) is 7.30. The minimum atomic E-state index is -0.901. The molecule has 1 aliphatic heterocycles. The summed E-state index contributed by atoms with van der Waals surface area (Å²) in [6.07, 6.45) is 4.40. The van der Waals surface area contributed by atoms with Crippen molar-refractivity contribution in [3.05, 3.63) is 35.4 Å². The van der Waals surface area contributed by atoms with Crippen LogP contribution in [0, 0.1) is 17.0 Å². The molecule has 0 aromatic heterocycles. The van der Waals surface area contributed by atoms with E-state index in [2.05, 4.69) is 19.0 Å². The quantitative estimate of drug-likeness (QED) is 0.854. The van der Waals surface area contributed by atoms with E-state index >= 15 is 0 Å². The fourth-order valence-corrected chi connectivity index (χ4v) is 3.90. The van der Waals surface area contributed by atoms with E-state index in [4.69, 9.17) is 0 Å². The molecule has 1 aromatic rings. The number of halogens is 2. The van der Waals surface area contributed by atoms with Crippen LogP contribution in [0.15, 0.2) is 18.2 Å². The lowest BCUT2D eigenvalue weighted by molar-refractivity contribution is -0.135. The Bertz CT molecular complexity index is 587. The molecule has 1 aliphatic carbocycles. The third-order valence-corrected chi connectivity index (χ3v) is 5.62. The number of carbonyl (C=O) groups is 1. The second kappa shape index (κ2) is 6.19. The molecule has 1 spiro atoms. The standard InChI is InChI=1S/C18H24F2N2O/c1-21(2)14-11-18(12-14)6-8-22(9-7-18)16(23)10-13-4-3-5-15(19)17(13)20/h3-5,14H,6-12H2,1-2H3. The van der Waals surface area contributed by atoms with E-state index in [-0.39, 0.29) is 17.9 Å². The molecule has 126 valence electrons. The van der Waals surface area contributed by atoms with Crippen molar-refractivity contribution in [2.24, 2.45) is 5.41 Å². The van der Waals surface area contributed by atoms with Gasteiger partial charge < -0.3 is 9.80 Å².